The average molecular weight is 235 g/mol. The molecule has 2 aromatic heterocycles. The van der Waals surface area contributed by atoms with E-state index in [-0.39, 0.29) is 18.1 Å². The number of nitrogens with one attached hydrogen (secondary N) is 2. The van der Waals surface area contributed by atoms with Gasteiger partial charge in [-0.1, -0.05) is 0 Å². The van der Waals surface area contributed by atoms with Crippen LogP contribution in [0.25, 0.3) is 0 Å². The van der Waals surface area contributed by atoms with E-state index in [1.54, 1.807) is 24.9 Å². The molecule has 0 saturated carbocycles. The average Bonchev–Trinajstić information content (AvgIpc) is 2.84. The summed E-state index contributed by atoms with van der Waals surface area (Å²) in [7, 11) is 1.80. The Morgan fingerprint density at radius 2 is 2.41 bits per heavy atom. The van der Waals surface area contributed by atoms with Crippen molar-refractivity contribution in [1.82, 2.24) is 30.3 Å². The number of aromatic nitrogens is 5. The lowest BCUT2D eigenvalue weighted by atomic mass is 10.3. The number of rotatable bonds is 3. The molecule has 0 aliphatic heterocycles. The molecule has 0 unspecified atom stereocenters. The van der Waals surface area contributed by atoms with E-state index in [1.807, 2.05) is 0 Å². The molecule has 4 N–H and O–H groups in total. The lowest BCUT2D eigenvalue weighted by Crippen LogP contribution is -2.25. The standard InChI is InChI=1S/C9H13N7O/c1-5-7(10)8(15-13-5)9(17)11-3-6-14-12-4-16(6)2/h4H,3,10H2,1-2H3,(H,11,17)(H,13,15). The minimum absolute atomic E-state index is 0.199. The summed E-state index contributed by atoms with van der Waals surface area (Å²) in [4.78, 5) is 11.8. The van der Waals surface area contributed by atoms with Crippen LogP contribution in [0.4, 0.5) is 5.69 Å². The van der Waals surface area contributed by atoms with Gasteiger partial charge in [-0.2, -0.15) is 5.10 Å². The summed E-state index contributed by atoms with van der Waals surface area (Å²) in [6.45, 7) is 2.03. The highest BCUT2D eigenvalue weighted by atomic mass is 16.1. The van der Waals surface area contributed by atoms with Crippen LogP contribution in [0.5, 0.6) is 0 Å². The first kappa shape index (κ1) is 11.1. The molecule has 0 aliphatic rings. The van der Waals surface area contributed by atoms with Crippen LogP contribution >= 0.6 is 0 Å². The van der Waals surface area contributed by atoms with Crippen LogP contribution in [0.15, 0.2) is 6.33 Å². The van der Waals surface area contributed by atoms with Crippen molar-refractivity contribution in [3.05, 3.63) is 23.5 Å². The summed E-state index contributed by atoms with van der Waals surface area (Å²) in [5, 5.41) is 16.7. The van der Waals surface area contributed by atoms with Crippen LogP contribution in [0.2, 0.25) is 0 Å². The first-order valence-electron chi connectivity index (χ1n) is 5.01. The number of H-pyrrole nitrogens is 1. The highest BCUT2D eigenvalue weighted by molar-refractivity contribution is 5.97. The Labute approximate surface area is 97.2 Å². The molecule has 17 heavy (non-hydrogen) atoms. The van der Waals surface area contributed by atoms with Crippen LogP contribution in [0, 0.1) is 6.92 Å². The molecule has 0 aromatic carbocycles. The number of carbonyl (C=O) groups is 1. The van der Waals surface area contributed by atoms with Crippen molar-refractivity contribution in [1.29, 1.82) is 0 Å². The fourth-order valence-corrected chi connectivity index (χ4v) is 1.32. The lowest BCUT2D eigenvalue weighted by Gasteiger charge is -2.02. The zero-order valence-electron chi connectivity index (χ0n) is 9.56. The van der Waals surface area contributed by atoms with Gasteiger partial charge in [0, 0.05) is 7.05 Å². The van der Waals surface area contributed by atoms with Gasteiger partial charge in [-0.15, -0.1) is 10.2 Å². The number of hydrogen-bond acceptors (Lipinski definition) is 5. The molecule has 8 heteroatoms. The summed E-state index contributed by atoms with van der Waals surface area (Å²) in [5.41, 5.74) is 6.93. The Kier molecular flexibility index (Phi) is 2.77. The minimum atomic E-state index is -0.338. The van der Waals surface area contributed by atoms with Gasteiger partial charge in [0.25, 0.3) is 5.91 Å². The zero-order valence-corrected chi connectivity index (χ0v) is 9.56. The molecule has 90 valence electrons. The van der Waals surface area contributed by atoms with Crippen molar-refractivity contribution in [2.45, 2.75) is 13.5 Å². The molecule has 0 aliphatic carbocycles. The third-order valence-electron chi connectivity index (χ3n) is 2.42. The summed E-state index contributed by atoms with van der Waals surface area (Å²) in [6, 6.07) is 0. The van der Waals surface area contributed by atoms with Crippen LogP contribution in [-0.2, 0) is 13.6 Å². The molecular weight excluding hydrogens is 222 g/mol. The van der Waals surface area contributed by atoms with Crippen molar-refractivity contribution in [2.24, 2.45) is 7.05 Å². The van der Waals surface area contributed by atoms with E-state index in [9.17, 15) is 4.79 Å². The molecule has 0 bridgehead atoms. The van der Waals surface area contributed by atoms with Gasteiger partial charge in [-0.25, -0.2) is 0 Å². The third kappa shape index (κ3) is 2.10. The van der Waals surface area contributed by atoms with E-state index >= 15 is 0 Å². The molecule has 2 rings (SSSR count). The van der Waals surface area contributed by atoms with Crippen molar-refractivity contribution >= 4 is 11.6 Å². The molecule has 0 spiro atoms. The summed E-state index contributed by atoms with van der Waals surface area (Å²) in [6.07, 6.45) is 1.56. The second kappa shape index (κ2) is 4.24. The zero-order chi connectivity index (χ0) is 12.4. The normalized spacial score (nSPS) is 10.5. The number of aromatic amines is 1. The predicted molar refractivity (Wildman–Crippen MR) is 59.9 cm³/mol. The van der Waals surface area contributed by atoms with Gasteiger partial charge in [0.2, 0.25) is 0 Å². The van der Waals surface area contributed by atoms with E-state index in [4.69, 9.17) is 5.73 Å². The number of aryl methyl sites for hydroxylation is 2. The van der Waals surface area contributed by atoms with Crippen molar-refractivity contribution in [2.75, 3.05) is 5.73 Å². The smallest absolute Gasteiger partial charge is 0.274 e. The number of anilines is 1. The van der Waals surface area contributed by atoms with Gasteiger partial charge in [0.1, 0.15) is 6.33 Å². The molecule has 0 saturated heterocycles. The van der Waals surface area contributed by atoms with Crippen LogP contribution in [-0.4, -0.2) is 30.9 Å². The van der Waals surface area contributed by atoms with Gasteiger partial charge in [-0.05, 0) is 6.92 Å². The van der Waals surface area contributed by atoms with Gasteiger partial charge in [0.15, 0.2) is 11.5 Å². The van der Waals surface area contributed by atoms with E-state index < -0.39 is 0 Å². The molecule has 2 heterocycles. The summed E-state index contributed by atoms with van der Waals surface area (Å²) in [5.74, 6) is 0.319. The van der Waals surface area contributed by atoms with Crippen molar-refractivity contribution in [3.8, 4) is 0 Å². The topological polar surface area (TPSA) is 115 Å². The lowest BCUT2D eigenvalue weighted by molar-refractivity contribution is 0.0945. The summed E-state index contributed by atoms with van der Waals surface area (Å²) < 4.78 is 1.72. The van der Waals surface area contributed by atoms with E-state index in [1.165, 1.54) is 0 Å². The highest BCUT2D eigenvalue weighted by Gasteiger charge is 2.15. The van der Waals surface area contributed by atoms with Crippen LogP contribution < -0.4 is 11.1 Å². The summed E-state index contributed by atoms with van der Waals surface area (Å²) >= 11 is 0. The second-order valence-electron chi connectivity index (χ2n) is 3.65. The molecule has 0 fully saturated rings. The SMILES string of the molecule is Cc1[nH]nc(C(=O)NCc2nncn2C)c1N. The van der Waals surface area contributed by atoms with Gasteiger partial charge >= 0.3 is 0 Å². The largest absolute Gasteiger partial charge is 0.395 e. The maximum absolute atomic E-state index is 11.8. The van der Waals surface area contributed by atoms with Crippen molar-refractivity contribution < 1.29 is 4.79 Å². The Morgan fingerprint density at radius 3 is 2.94 bits per heavy atom. The first-order valence-corrected chi connectivity index (χ1v) is 5.01. The Hall–Kier alpha value is -2.38. The van der Waals surface area contributed by atoms with Crippen LogP contribution in [0.1, 0.15) is 22.0 Å². The van der Waals surface area contributed by atoms with E-state index in [0.29, 0.717) is 17.2 Å². The first-order chi connectivity index (χ1) is 8.09. The predicted octanol–water partition coefficient (Wildman–Crippen LogP) is -0.641. The molecule has 0 atom stereocenters. The fraction of sp³-hybridized carbons (Fsp3) is 0.333. The van der Waals surface area contributed by atoms with Gasteiger partial charge in [0.05, 0.1) is 17.9 Å². The number of nitrogens with zero attached hydrogens (tertiary/aromatic N) is 4. The third-order valence-corrected chi connectivity index (χ3v) is 2.42. The number of nitrogens with two attached hydrogens (primary N) is 1. The Bertz CT molecular complexity index is 541. The maximum atomic E-state index is 11.8. The van der Waals surface area contributed by atoms with Crippen molar-refractivity contribution in [3.63, 3.8) is 0 Å². The quantitative estimate of drug-likeness (QED) is 0.654. The Morgan fingerprint density at radius 1 is 1.65 bits per heavy atom. The minimum Gasteiger partial charge on any atom is -0.395 e. The van der Waals surface area contributed by atoms with E-state index in [2.05, 4.69) is 25.7 Å². The number of amides is 1. The number of nitrogen functional groups attached to an aromatic ring is 1. The number of carbonyl (C=O) groups excluding carboxylic acids is 1. The molecule has 8 nitrogen and oxygen atoms in total. The van der Waals surface area contributed by atoms with Gasteiger partial charge < -0.3 is 15.6 Å². The maximum Gasteiger partial charge on any atom is 0.274 e. The second-order valence-corrected chi connectivity index (χ2v) is 3.65. The number of hydrogen-bond donors (Lipinski definition) is 3. The monoisotopic (exact) mass is 235 g/mol. The van der Waals surface area contributed by atoms with E-state index in [0.717, 1.165) is 0 Å². The molecule has 1 amide bonds. The molecule has 0 radical (unpaired) electrons. The molecule has 2 aromatic rings. The highest BCUT2D eigenvalue weighted by Crippen LogP contribution is 2.11. The Balaban J connectivity index is 2.03. The van der Waals surface area contributed by atoms with Crippen LogP contribution in [0.3, 0.4) is 0 Å². The van der Waals surface area contributed by atoms with Gasteiger partial charge in [-0.3, -0.25) is 9.89 Å². The fourth-order valence-electron chi connectivity index (χ4n) is 1.32. The molecular formula is C9H13N7O.